The average molecular weight is 372 g/mol. The number of carbonyl (C=O) groups is 1. The molecule has 138 valence electrons. The number of hydrogen-bond donors (Lipinski definition) is 0. The number of carbonyl (C=O) groups excluding carboxylic acids is 1. The molecule has 0 spiro atoms. The first-order valence-electron chi connectivity index (χ1n) is 8.70. The fourth-order valence-corrected chi connectivity index (χ4v) is 4.87. The molecule has 1 atom stereocenters. The van der Waals surface area contributed by atoms with Gasteiger partial charge in [-0.05, 0) is 38.2 Å². The van der Waals surface area contributed by atoms with Gasteiger partial charge >= 0.3 is 0 Å². The summed E-state index contributed by atoms with van der Waals surface area (Å²) in [6.45, 7) is 1.27. The van der Waals surface area contributed by atoms with Crippen molar-refractivity contribution in [1.82, 2.24) is 9.80 Å². The lowest BCUT2D eigenvalue weighted by Crippen LogP contribution is -2.35. The number of rotatable bonds is 5. The van der Waals surface area contributed by atoms with Gasteiger partial charge in [0.05, 0.1) is 16.2 Å². The van der Waals surface area contributed by atoms with E-state index in [9.17, 15) is 13.2 Å². The summed E-state index contributed by atoms with van der Waals surface area (Å²) in [5, 5.41) is 0. The van der Waals surface area contributed by atoms with Crippen molar-refractivity contribution in [2.24, 2.45) is 0 Å². The van der Waals surface area contributed by atoms with Crippen LogP contribution in [0.3, 0.4) is 0 Å². The Morgan fingerprint density at radius 3 is 2.38 bits per heavy atom. The van der Waals surface area contributed by atoms with Gasteiger partial charge in [-0.3, -0.25) is 4.79 Å². The van der Waals surface area contributed by atoms with Crippen LogP contribution in [-0.2, 0) is 15.6 Å². The third-order valence-corrected chi connectivity index (χ3v) is 6.57. The van der Waals surface area contributed by atoms with Crippen molar-refractivity contribution in [1.29, 1.82) is 0 Å². The number of benzene rings is 2. The van der Waals surface area contributed by atoms with Gasteiger partial charge < -0.3 is 9.80 Å². The molecular formula is C20H24N2O3S. The summed E-state index contributed by atoms with van der Waals surface area (Å²) in [7, 11) is 0.388. The smallest absolute Gasteiger partial charge is 0.255 e. The van der Waals surface area contributed by atoms with E-state index >= 15 is 0 Å². The minimum absolute atomic E-state index is 0.113. The maximum absolute atomic E-state index is 13.0. The minimum Gasteiger partial charge on any atom is -0.337 e. The summed E-state index contributed by atoms with van der Waals surface area (Å²) in [6, 6.07) is 15.9. The van der Waals surface area contributed by atoms with E-state index in [-0.39, 0.29) is 22.1 Å². The molecule has 1 fully saturated rings. The van der Waals surface area contributed by atoms with Gasteiger partial charge in [-0.2, -0.15) is 0 Å². The molecule has 1 unspecified atom stereocenters. The van der Waals surface area contributed by atoms with Gasteiger partial charge in [0.15, 0.2) is 9.84 Å². The topological polar surface area (TPSA) is 57.7 Å². The summed E-state index contributed by atoms with van der Waals surface area (Å²) < 4.78 is 25.9. The first kappa shape index (κ1) is 18.6. The van der Waals surface area contributed by atoms with Gasteiger partial charge in [0.2, 0.25) is 0 Å². The van der Waals surface area contributed by atoms with Crippen LogP contribution >= 0.6 is 0 Å². The normalized spacial score (nSPS) is 17.7. The first-order chi connectivity index (χ1) is 12.4. The third kappa shape index (κ3) is 3.97. The van der Waals surface area contributed by atoms with Gasteiger partial charge in [-0.1, -0.05) is 42.5 Å². The van der Waals surface area contributed by atoms with E-state index in [4.69, 9.17) is 0 Å². The van der Waals surface area contributed by atoms with E-state index < -0.39 is 9.84 Å². The molecule has 0 radical (unpaired) electrons. The van der Waals surface area contributed by atoms with E-state index in [1.54, 1.807) is 35.2 Å². The molecule has 2 aromatic carbocycles. The van der Waals surface area contributed by atoms with Crippen LogP contribution in [-0.4, -0.2) is 57.4 Å². The van der Waals surface area contributed by atoms with E-state index in [0.717, 1.165) is 6.42 Å². The molecule has 0 N–H and O–H groups in total. The maximum Gasteiger partial charge on any atom is 0.255 e. The standard InChI is InChI=1S/C20H24N2O3S/c1-21(2)17-12-13-22(14-17)20(23)18-10-6-7-11-19(18)26(24,25)15-16-8-4-3-5-9-16/h3-11,17H,12-15H2,1-2H3. The largest absolute Gasteiger partial charge is 0.337 e. The zero-order valence-corrected chi connectivity index (χ0v) is 15.9. The Bertz CT molecular complexity index is 879. The molecule has 6 heteroatoms. The number of nitrogens with zero attached hydrogens (tertiary/aromatic N) is 2. The van der Waals surface area contributed by atoms with Crippen molar-refractivity contribution in [3.05, 3.63) is 65.7 Å². The zero-order valence-electron chi connectivity index (χ0n) is 15.1. The molecule has 1 saturated heterocycles. The number of likely N-dealkylation sites (tertiary alicyclic amines) is 1. The second-order valence-electron chi connectivity index (χ2n) is 6.90. The van der Waals surface area contributed by atoms with Crippen LogP contribution in [0, 0.1) is 0 Å². The molecule has 2 aromatic rings. The van der Waals surface area contributed by atoms with Gasteiger partial charge in [0.1, 0.15) is 0 Å². The highest BCUT2D eigenvalue weighted by molar-refractivity contribution is 7.90. The Balaban J connectivity index is 1.87. The summed E-state index contributed by atoms with van der Waals surface area (Å²) in [4.78, 5) is 16.9. The van der Waals surface area contributed by atoms with E-state index in [2.05, 4.69) is 4.90 Å². The van der Waals surface area contributed by atoms with Crippen molar-refractivity contribution in [3.8, 4) is 0 Å². The summed E-state index contributed by atoms with van der Waals surface area (Å²) in [5.41, 5.74) is 0.978. The molecular weight excluding hydrogens is 348 g/mol. The quantitative estimate of drug-likeness (QED) is 0.809. The first-order valence-corrected chi connectivity index (χ1v) is 10.3. The average Bonchev–Trinajstić information content (AvgIpc) is 3.12. The molecule has 0 saturated carbocycles. The fraction of sp³-hybridized carbons (Fsp3) is 0.350. The van der Waals surface area contributed by atoms with Gasteiger partial charge in [-0.25, -0.2) is 8.42 Å². The number of likely N-dealkylation sites (N-methyl/N-ethyl adjacent to an activating group) is 1. The Morgan fingerprint density at radius 2 is 1.73 bits per heavy atom. The van der Waals surface area contributed by atoms with Crippen molar-refractivity contribution in [2.45, 2.75) is 23.1 Å². The van der Waals surface area contributed by atoms with Gasteiger partial charge in [0, 0.05) is 19.1 Å². The number of sulfone groups is 1. The highest BCUT2D eigenvalue weighted by Gasteiger charge is 2.31. The van der Waals surface area contributed by atoms with E-state index in [1.807, 2.05) is 32.3 Å². The van der Waals surface area contributed by atoms with Crippen molar-refractivity contribution >= 4 is 15.7 Å². The number of amides is 1. The lowest BCUT2D eigenvalue weighted by molar-refractivity contribution is 0.0779. The predicted octanol–water partition coefficient (Wildman–Crippen LogP) is 2.44. The number of hydrogen-bond acceptors (Lipinski definition) is 4. The van der Waals surface area contributed by atoms with Crippen LogP contribution in [0.15, 0.2) is 59.5 Å². The van der Waals surface area contributed by atoms with Gasteiger partial charge in [-0.15, -0.1) is 0 Å². The van der Waals surface area contributed by atoms with E-state index in [1.165, 1.54) is 6.07 Å². The fourth-order valence-electron chi connectivity index (χ4n) is 3.30. The van der Waals surface area contributed by atoms with Crippen LogP contribution in [0.25, 0.3) is 0 Å². The van der Waals surface area contributed by atoms with Gasteiger partial charge in [0.25, 0.3) is 5.91 Å². The molecule has 5 nitrogen and oxygen atoms in total. The monoisotopic (exact) mass is 372 g/mol. The molecule has 3 rings (SSSR count). The Kier molecular flexibility index (Phi) is 5.44. The summed E-state index contributed by atoms with van der Waals surface area (Å²) in [5.74, 6) is -0.320. The Hall–Kier alpha value is -2.18. The third-order valence-electron chi connectivity index (χ3n) is 4.83. The van der Waals surface area contributed by atoms with Crippen LogP contribution in [0.5, 0.6) is 0 Å². The van der Waals surface area contributed by atoms with Crippen molar-refractivity contribution < 1.29 is 13.2 Å². The molecule has 1 amide bonds. The van der Waals surface area contributed by atoms with Crippen LogP contribution < -0.4 is 0 Å². The highest BCUT2D eigenvalue weighted by atomic mass is 32.2. The lowest BCUT2D eigenvalue weighted by atomic mass is 10.2. The Morgan fingerprint density at radius 1 is 1.08 bits per heavy atom. The molecule has 0 aliphatic carbocycles. The van der Waals surface area contributed by atoms with Crippen LogP contribution in [0.2, 0.25) is 0 Å². The van der Waals surface area contributed by atoms with Crippen LogP contribution in [0.4, 0.5) is 0 Å². The predicted molar refractivity (Wildman–Crippen MR) is 102 cm³/mol. The van der Waals surface area contributed by atoms with Crippen molar-refractivity contribution in [3.63, 3.8) is 0 Å². The van der Waals surface area contributed by atoms with Crippen LogP contribution in [0.1, 0.15) is 22.3 Å². The van der Waals surface area contributed by atoms with E-state index in [0.29, 0.717) is 24.7 Å². The Labute approximate surface area is 155 Å². The second kappa shape index (κ2) is 7.60. The zero-order chi connectivity index (χ0) is 18.7. The highest BCUT2D eigenvalue weighted by Crippen LogP contribution is 2.24. The summed E-state index contributed by atoms with van der Waals surface area (Å²) >= 11 is 0. The molecule has 1 aliphatic rings. The molecule has 0 aromatic heterocycles. The maximum atomic E-state index is 13.0. The molecule has 1 aliphatic heterocycles. The lowest BCUT2D eigenvalue weighted by Gasteiger charge is -2.21. The molecule has 26 heavy (non-hydrogen) atoms. The summed E-state index contributed by atoms with van der Waals surface area (Å²) in [6.07, 6.45) is 0.900. The van der Waals surface area contributed by atoms with Crippen molar-refractivity contribution in [2.75, 3.05) is 27.2 Å². The SMILES string of the molecule is CN(C)C1CCN(C(=O)c2ccccc2S(=O)(=O)Cc2ccccc2)C1. The minimum atomic E-state index is -3.61. The molecule has 1 heterocycles. The second-order valence-corrected chi connectivity index (χ2v) is 8.86. The molecule has 0 bridgehead atoms.